The number of nitrogens with one attached hydrogen (secondary N) is 3. The quantitative estimate of drug-likeness (QED) is 0.317. The summed E-state index contributed by atoms with van der Waals surface area (Å²) in [6.07, 6.45) is 15.2. The molecule has 4 heterocycles. The number of rotatable bonds is 7. The Morgan fingerprint density at radius 3 is 2.63 bits per heavy atom. The number of fused-ring (bicyclic) bond motifs is 6. The third-order valence-corrected chi connectivity index (χ3v) is 14.7. The van der Waals surface area contributed by atoms with Gasteiger partial charge in [-0.15, -0.1) is 0 Å². The van der Waals surface area contributed by atoms with Crippen LogP contribution in [0.2, 0.25) is 0 Å². The van der Waals surface area contributed by atoms with E-state index in [0.29, 0.717) is 54.5 Å². The lowest BCUT2D eigenvalue weighted by Gasteiger charge is -2.30. The molecule has 2 unspecified atom stereocenters. The van der Waals surface area contributed by atoms with Gasteiger partial charge in [-0.05, 0) is 94.9 Å². The summed E-state index contributed by atoms with van der Waals surface area (Å²) in [5.41, 5.74) is 0.543. The molecule has 16 heteroatoms. The second kappa shape index (κ2) is 15.6. The van der Waals surface area contributed by atoms with Crippen molar-refractivity contribution in [1.82, 2.24) is 25.2 Å². The van der Waals surface area contributed by atoms with Crippen molar-refractivity contribution in [2.24, 2.45) is 5.92 Å². The lowest BCUT2D eigenvalue weighted by atomic mass is 9.90. The van der Waals surface area contributed by atoms with Crippen LogP contribution in [0.3, 0.4) is 0 Å². The summed E-state index contributed by atoms with van der Waals surface area (Å²) < 4.78 is 61.9. The molecule has 0 spiro atoms. The third-order valence-electron chi connectivity index (χ3n) is 12.9. The Bertz CT molecular complexity index is 2270. The van der Waals surface area contributed by atoms with Gasteiger partial charge in [0.05, 0.1) is 28.9 Å². The zero-order valence-corrected chi connectivity index (χ0v) is 33.8. The molecule has 9 rings (SSSR count). The number of nitrogens with zero attached hydrogens (tertiary/aromatic N) is 2. The number of alkyl carbamates (subject to hydrolysis) is 1. The van der Waals surface area contributed by atoms with E-state index < -0.39 is 74.5 Å². The van der Waals surface area contributed by atoms with E-state index in [2.05, 4.69) is 15.4 Å². The maximum absolute atomic E-state index is 14.9. The highest BCUT2D eigenvalue weighted by Gasteiger charge is 2.62. The van der Waals surface area contributed by atoms with Gasteiger partial charge in [0.25, 0.3) is 5.91 Å². The molecule has 1 saturated heterocycles. The van der Waals surface area contributed by atoms with Gasteiger partial charge < -0.3 is 29.7 Å². The molecule has 314 valence electrons. The molecule has 4 amide bonds. The van der Waals surface area contributed by atoms with Crippen molar-refractivity contribution in [3.8, 4) is 11.5 Å². The largest absolute Gasteiger partial charge is 0.484 e. The van der Waals surface area contributed by atoms with E-state index >= 15 is 0 Å². The smallest absolute Gasteiger partial charge is 0.408 e. The Morgan fingerprint density at radius 2 is 1.83 bits per heavy atom. The van der Waals surface area contributed by atoms with Crippen molar-refractivity contribution in [1.29, 1.82) is 0 Å². The van der Waals surface area contributed by atoms with Gasteiger partial charge in [0.15, 0.2) is 11.5 Å². The number of benzene rings is 1. The summed E-state index contributed by atoms with van der Waals surface area (Å²) >= 11 is 0. The molecule has 14 nitrogen and oxygen atoms in total. The molecule has 7 atom stereocenters. The SMILES string of the molecule is CC1=CC=CC2c3nc4ccc(F)cc4c(O[C@@H]4C[C@H]5C(=O)N[C@]6(C(=O)NS(=O)(=O)C7CC7)C[C@H]6/C=C\CCCCC[C@H](NC(=O)OC6CCCC6)C(=O)N5C4)c3OC12. The second-order valence-corrected chi connectivity index (χ2v) is 19.1. The van der Waals surface area contributed by atoms with Gasteiger partial charge >= 0.3 is 6.09 Å². The number of carbonyl (C=O) groups excluding carboxylic acids is 4. The van der Waals surface area contributed by atoms with Crippen molar-refractivity contribution >= 4 is 44.7 Å². The minimum atomic E-state index is -3.93. The molecule has 7 aliphatic rings. The number of halogens is 1. The molecule has 4 fully saturated rings. The van der Waals surface area contributed by atoms with Crippen LogP contribution in [0.5, 0.6) is 11.5 Å². The fourth-order valence-corrected chi connectivity index (χ4v) is 10.7. The normalized spacial score (nSPS) is 31.3. The van der Waals surface area contributed by atoms with Gasteiger partial charge in [-0.2, -0.15) is 0 Å². The molecule has 1 aromatic heterocycles. The third kappa shape index (κ3) is 7.80. The topological polar surface area (TPSA) is 182 Å². The monoisotopic (exact) mass is 831 g/mol. The van der Waals surface area contributed by atoms with Gasteiger partial charge in [-0.1, -0.05) is 43.2 Å². The number of hydrogen-bond donors (Lipinski definition) is 3. The molecule has 3 N–H and O–H groups in total. The van der Waals surface area contributed by atoms with Gasteiger partial charge in [0.1, 0.15) is 41.8 Å². The Labute approximate surface area is 342 Å². The number of ether oxygens (including phenoxy) is 3. The van der Waals surface area contributed by atoms with Crippen molar-refractivity contribution in [2.45, 2.75) is 137 Å². The van der Waals surface area contributed by atoms with Crippen LogP contribution in [-0.2, 0) is 29.1 Å². The van der Waals surface area contributed by atoms with Crippen LogP contribution in [0.15, 0.2) is 54.2 Å². The van der Waals surface area contributed by atoms with Crippen molar-refractivity contribution in [3.05, 3.63) is 65.7 Å². The van der Waals surface area contributed by atoms with E-state index in [0.717, 1.165) is 44.1 Å². The molecule has 59 heavy (non-hydrogen) atoms. The highest BCUT2D eigenvalue weighted by molar-refractivity contribution is 7.91. The zero-order valence-electron chi connectivity index (χ0n) is 33.0. The number of allylic oxidation sites excluding steroid dienone is 3. The molecular weight excluding hydrogens is 782 g/mol. The summed E-state index contributed by atoms with van der Waals surface area (Å²) in [7, 11) is -3.93. The fraction of sp³-hybridized carbons (Fsp3) is 0.558. The number of aromatic nitrogens is 1. The summed E-state index contributed by atoms with van der Waals surface area (Å²) in [5.74, 6) is -2.58. The molecule has 4 aliphatic carbocycles. The molecule has 0 bridgehead atoms. The average molecular weight is 832 g/mol. The van der Waals surface area contributed by atoms with Crippen LogP contribution in [-0.4, -0.2) is 89.8 Å². The van der Waals surface area contributed by atoms with Gasteiger partial charge in [0, 0.05) is 17.7 Å². The van der Waals surface area contributed by atoms with Crippen LogP contribution in [0, 0.1) is 11.7 Å². The average Bonchev–Trinajstić information content (AvgIpc) is 4.01. The van der Waals surface area contributed by atoms with E-state index in [1.54, 1.807) is 6.07 Å². The molecule has 1 aromatic carbocycles. The maximum atomic E-state index is 14.9. The molecule has 0 radical (unpaired) electrons. The number of carbonyl (C=O) groups is 4. The van der Waals surface area contributed by atoms with Gasteiger partial charge in [-0.25, -0.2) is 22.6 Å². The summed E-state index contributed by atoms with van der Waals surface area (Å²) in [4.78, 5) is 62.7. The van der Waals surface area contributed by atoms with E-state index in [1.165, 1.54) is 17.0 Å². The lowest BCUT2D eigenvalue weighted by molar-refractivity contribution is -0.141. The van der Waals surface area contributed by atoms with Crippen LogP contribution >= 0.6 is 0 Å². The van der Waals surface area contributed by atoms with E-state index in [-0.39, 0.29) is 43.3 Å². The van der Waals surface area contributed by atoms with Crippen LogP contribution in [0.4, 0.5) is 9.18 Å². The Kier molecular flexibility index (Phi) is 10.4. The van der Waals surface area contributed by atoms with Gasteiger partial charge in [0.2, 0.25) is 21.8 Å². The highest BCUT2D eigenvalue weighted by atomic mass is 32.2. The Balaban J connectivity index is 1.05. The first-order valence-electron chi connectivity index (χ1n) is 21.0. The van der Waals surface area contributed by atoms with E-state index in [4.69, 9.17) is 19.2 Å². The van der Waals surface area contributed by atoms with Crippen LogP contribution in [0.25, 0.3) is 10.9 Å². The maximum Gasteiger partial charge on any atom is 0.408 e. The highest BCUT2D eigenvalue weighted by Crippen LogP contribution is 2.51. The molecule has 2 aromatic rings. The lowest BCUT2D eigenvalue weighted by Crippen LogP contribution is -2.58. The van der Waals surface area contributed by atoms with Crippen molar-refractivity contribution < 1.29 is 46.2 Å². The Hall–Kier alpha value is -4.99. The number of sulfonamides is 1. The first kappa shape index (κ1) is 39.5. The standard InChI is InChI=1S/C43H50FN5O9S/c1-24-10-9-14-30-35-38(58-36(24)30)37(31-20-26(44)16-19-32(31)45-35)56-28-21-34-39(50)47-43(41(52)48-59(54,55)29-17-18-29)22-25(43)11-5-3-2-4-6-15-33(40(51)49(34)23-28)46-42(53)57-27-12-7-8-13-27/h5,9-11,14,16,19-20,25,27-30,33-34,36H,2-4,6-8,12-13,15,17-18,21-23H2,1H3,(H,46,53)(H,47,50)(H,48,52)/b11-5-/t25-,28-,30?,33+,34+,36?,43-/m1/s1. The molecular formula is C43H50FN5O9S. The number of pyridine rings is 1. The van der Waals surface area contributed by atoms with E-state index in [9.17, 15) is 32.0 Å². The fourth-order valence-electron chi connectivity index (χ4n) is 9.35. The molecule has 3 saturated carbocycles. The zero-order chi connectivity index (χ0) is 41.1. The predicted molar refractivity (Wildman–Crippen MR) is 213 cm³/mol. The first-order chi connectivity index (χ1) is 28.4. The van der Waals surface area contributed by atoms with Crippen molar-refractivity contribution in [2.75, 3.05) is 6.54 Å². The van der Waals surface area contributed by atoms with Crippen LogP contribution in [0.1, 0.15) is 102 Å². The minimum absolute atomic E-state index is 0.0328. The first-order valence-corrected chi connectivity index (χ1v) is 22.6. The number of amides is 4. The van der Waals surface area contributed by atoms with Crippen LogP contribution < -0.4 is 24.8 Å². The summed E-state index contributed by atoms with van der Waals surface area (Å²) in [6.45, 7) is 1.87. The summed E-state index contributed by atoms with van der Waals surface area (Å²) in [6, 6.07) is 2.01. The second-order valence-electron chi connectivity index (χ2n) is 17.2. The van der Waals surface area contributed by atoms with E-state index in [1.807, 2.05) is 37.3 Å². The van der Waals surface area contributed by atoms with Gasteiger partial charge in [-0.3, -0.25) is 19.1 Å². The van der Waals surface area contributed by atoms with Crippen molar-refractivity contribution in [3.63, 3.8) is 0 Å². The number of hydrogen-bond acceptors (Lipinski definition) is 10. The minimum Gasteiger partial charge on any atom is -0.484 e. The predicted octanol–water partition coefficient (Wildman–Crippen LogP) is 5.12. The Morgan fingerprint density at radius 1 is 1.03 bits per heavy atom. The summed E-state index contributed by atoms with van der Waals surface area (Å²) in [5, 5.41) is 5.41. The molecule has 3 aliphatic heterocycles.